The van der Waals surface area contributed by atoms with E-state index in [2.05, 4.69) is 32.1 Å². The number of imidazole rings is 1. The number of hydrogen-bond acceptors (Lipinski definition) is 8. The predicted molar refractivity (Wildman–Crippen MR) is 144 cm³/mol. The van der Waals surface area contributed by atoms with Crippen molar-refractivity contribution in [3.8, 4) is 0 Å². The Morgan fingerprint density at radius 2 is 1.59 bits per heavy atom. The van der Waals surface area contributed by atoms with Gasteiger partial charge in [-0.1, -0.05) is 25.1 Å². The SMILES string of the molecule is CCCc1nc2c(N)nc3ccccc3c2n1CCN=C(NC(=O)OC(C)(C)C)NC(=O)OC(C)(C)C. The molecule has 0 radical (unpaired) electrons. The fourth-order valence-corrected chi connectivity index (χ4v) is 3.73. The van der Waals surface area contributed by atoms with Gasteiger partial charge in [0, 0.05) is 18.4 Å². The second kappa shape index (κ2) is 11.0. The van der Waals surface area contributed by atoms with Gasteiger partial charge in [0.05, 0.1) is 17.6 Å². The van der Waals surface area contributed by atoms with Crippen LogP contribution in [0.2, 0.25) is 0 Å². The Kier molecular flexibility index (Phi) is 8.25. The van der Waals surface area contributed by atoms with Crippen LogP contribution in [0.25, 0.3) is 21.9 Å². The number of aryl methyl sites for hydroxylation is 1. The quantitative estimate of drug-likeness (QED) is 0.337. The highest BCUT2D eigenvalue weighted by molar-refractivity contribution is 6.06. The van der Waals surface area contributed by atoms with Gasteiger partial charge in [0.25, 0.3) is 0 Å². The van der Waals surface area contributed by atoms with Gasteiger partial charge >= 0.3 is 12.2 Å². The molecule has 0 unspecified atom stereocenters. The molecule has 0 aliphatic rings. The number of nitrogens with one attached hydrogen (secondary N) is 2. The fourth-order valence-electron chi connectivity index (χ4n) is 3.73. The average Bonchev–Trinajstić information content (AvgIpc) is 3.10. The van der Waals surface area contributed by atoms with Crippen LogP contribution in [-0.4, -0.2) is 50.4 Å². The number of carbonyl (C=O) groups is 2. The molecule has 11 nitrogen and oxygen atoms in total. The smallest absolute Gasteiger partial charge is 0.414 e. The zero-order valence-corrected chi connectivity index (χ0v) is 22.6. The molecule has 1 aromatic carbocycles. The molecule has 2 amide bonds. The first-order valence-electron chi connectivity index (χ1n) is 12.3. The number of alkyl carbamates (subject to hydrolysis) is 2. The summed E-state index contributed by atoms with van der Waals surface area (Å²) in [5.74, 6) is 1.16. The third-order valence-corrected chi connectivity index (χ3v) is 5.00. The van der Waals surface area contributed by atoms with Gasteiger partial charge in [-0.3, -0.25) is 15.6 Å². The molecule has 0 aliphatic carbocycles. The van der Waals surface area contributed by atoms with Crippen molar-refractivity contribution in [1.82, 2.24) is 25.2 Å². The average molecular weight is 512 g/mol. The molecular weight excluding hydrogens is 474 g/mol. The predicted octanol–water partition coefficient (Wildman–Crippen LogP) is 4.52. The molecule has 3 rings (SSSR count). The molecule has 2 heterocycles. The van der Waals surface area contributed by atoms with Crippen LogP contribution in [0.5, 0.6) is 0 Å². The number of para-hydroxylation sites is 1. The first-order chi connectivity index (χ1) is 17.3. The highest BCUT2D eigenvalue weighted by Gasteiger charge is 2.22. The van der Waals surface area contributed by atoms with Crippen molar-refractivity contribution in [2.45, 2.75) is 79.1 Å². The summed E-state index contributed by atoms with van der Waals surface area (Å²) in [6.07, 6.45) is 0.147. The van der Waals surface area contributed by atoms with E-state index >= 15 is 0 Å². The van der Waals surface area contributed by atoms with Gasteiger partial charge < -0.3 is 19.8 Å². The van der Waals surface area contributed by atoms with Gasteiger partial charge in [0.15, 0.2) is 5.82 Å². The van der Waals surface area contributed by atoms with Crippen molar-refractivity contribution in [2.75, 3.05) is 12.3 Å². The number of amides is 2. The van der Waals surface area contributed by atoms with Gasteiger partial charge in [-0.2, -0.15) is 0 Å². The number of hydrogen-bond donors (Lipinski definition) is 3. The summed E-state index contributed by atoms with van der Waals surface area (Å²) in [5, 5.41) is 5.95. The zero-order chi connectivity index (χ0) is 27.4. The number of aliphatic imine (C=N–C) groups is 1. The number of nitrogens with zero attached hydrogens (tertiary/aromatic N) is 4. The van der Waals surface area contributed by atoms with Crippen molar-refractivity contribution < 1.29 is 19.1 Å². The van der Waals surface area contributed by atoms with Gasteiger partial charge in [-0.15, -0.1) is 0 Å². The first kappa shape index (κ1) is 27.7. The van der Waals surface area contributed by atoms with E-state index in [0.29, 0.717) is 17.9 Å². The lowest BCUT2D eigenvalue weighted by atomic mass is 10.2. The largest absolute Gasteiger partial charge is 0.444 e. The molecule has 0 aliphatic heterocycles. The molecule has 200 valence electrons. The van der Waals surface area contributed by atoms with E-state index in [9.17, 15) is 9.59 Å². The Bertz CT molecular complexity index is 1280. The molecular formula is C26H37N7O4. The Hall–Kier alpha value is -3.89. The van der Waals surface area contributed by atoms with E-state index in [1.165, 1.54) is 0 Å². The van der Waals surface area contributed by atoms with Gasteiger partial charge in [-0.25, -0.2) is 19.6 Å². The lowest BCUT2D eigenvalue weighted by Crippen LogP contribution is -2.47. The van der Waals surface area contributed by atoms with Crippen LogP contribution < -0.4 is 16.4 Å². The lowest BCUT2D eigenvalue weighted by molar-refractivity contribution is 0.0545. The molecule has 0 saturated heterocycles. The maximum absolute atomic E-state index is 12.4. The van der Waals surface area contributed by atoms with Crippen LogP contribution in [0, 0.1) is 0 Å². The van der Waals surface area contributed by atoms with Crippen molar-refractivity contribution in [1.29, 1.82) is 0 Å². The van der Waals surface area contributed by atoms with E-state index in [-0.39, 0.29) is 12.5 Å². The summed E-state index contributed by atoms with van der Waals surface area (Å²) < 4.78 is 12.7. The first-order valence-corrected chi connectivity index (χ1v) is 12.3. The third kappa shape index (κ3) is 7.55. The van der Waals surface area contributed by atoms with Crippen molar-refractivity contribution >= 4 is 45.9 Å². The molecule has 0 fully saturated rings. The molecule has 0 spiro atoms. The number of benzene rings is 1. The van der Waals surface area contributed by atoms with Crippen LogP contribution in [0.15, 0.2) is 29.3 Å². The minimum absolute atomic E-state index is 0.0731. The summed E-state index contributed by atoms with van der Waals surface area (Å²) in [5.41, 5.74) is 7.11. The van der Waals surface area contributed by atoms with Crippen LogP contribution in [0.3, 0.4) is 0 Å². The summed E-state index contributed by atoms with van der Waals surface area (Å²) >= 11 is 0. The summed E-state index contributed by atoms with van der Waals surface area (Å²) in [4.78, 5) is 38.5. The summed E-state index contributed by atoms with van der Waals surface area (Å²) in [6.45, 7) is 13.2. The van der Waals surface area contributed by atoms with Gasteiger partial charge in [0.2, 0.25) is 5.96 Å². The number of nitrogens with two attached hydrogens (primary N) is 1. The number of rotatable bonds is 5. The zero-order valence-electron chi connectivity index (χ0n) is 22.6. The number of ether oxygens (including phenoxy) is 2. The summed E-state index contributed by atoms with van der Waals surface area (Å²) in [7, 11) is 0. The van der Waals surface area contributed by atoms with E-state index in [1.54, 1.807) is 41.5 Å². The number of nitrogen functional groups attached to an aromatic ring is 1. The molecule has 0 atom stereocenters. The molecule has 3 aromatic rings. The maximum Gasteiger partial charge on any atom is 0.414 e. The van der Waals surface area contributed by atoms with Gasteiger partial charge in [-0.05, 0) is 54.0 Å². The summed E-state index contributed by atoms with van der Waals surface area (Å²) in [6, 6.07) is 7.76. The molecule has 4 N–H and O–H groups in total. The highest BCUT2D eigenvalue weighted by Crippen LogP contribution is 2.29. The van der Waals surface area contributed by atoms with E-state index < -0.39 is 23.4 Å². The normalized spacial score (nSPS) is 11.9. The van der Waals surface area contributed by atoms with Crippen LogP contribution in [-0.2, 0) is 22.4 Å². The standard InChI is InChI=1S/C26H37N7O4/c1-8-11-18-30-19-20(16-12-9-10-13-17(16)29-21(19)27)33(18)15-14-28-22(31-23(34)36-25(2,3)4)32-24(35)37-26(5,6)7/h9-10,12-13H,8,11,14-15H2,1-7H3,(H2,27,29)(H2,28,31,32,34,35). The second-order valence-electron chi connectivity index (χ2n) is 10.6. The monoisotopic (exact) mass is 511 g/mol. The Labute approximate surface area is 216 Å². The van der Waals surface area contributed by atoms with E-state index in [0.717, 1.165) is 35.1 Å². The van der Waals surface area contributed by atoms with Crippen molar-refractivity contribution in [3.63, 3.8) is 0 Å². The number of carbonyl (C=O) groups excluding carboxylic acids is 2. The Morgan fingerprint density at radius 3 is 2.16 bits per heavy atom. The van der Waals surface area contributed by atoms with Crippen LogP contribution in [0.1, 0.15) is 60.7 Å². The Balaban J connectivity index is 1.93. The van der Waals surface area contributed by atoms with Crippen LogP contribution in [0.4, 0.5) is 15.4 Å². The van der Waals surface area contributed by atoms with Gasteiger partial charge in [0.1, 0.15) is 22.5 Å². The van der Waals surface area contributed by atoms with Crippen molar-refractivity contribution in [3.05, 3.63) is 30.1 Å². The maximum atomic E-state index is 12.4. The molecule has 37 heavy (non-hydrogen) atoms. The minimum Gasteiger partial charge on any atom is -0.444 e. The van der Waals surface area contributed by atoms with Crippen molar-refractivity contribution in [2.24, 2.45) is 4.99 Å². The molecule has 0 bridgehead atoms. The van der Waals surface area contributed by atoms with E-state index in [1.807, 2.05) is 24.3 Å². The number of aromatic nitrogens is 3. The number of pyridine rings is 1. The molecule has 11 heteroatoms. The highest BCUT2D eigenvalue weighted by atomic mass is 16.6. The topological polar surface area (TPSA) is 146 Å². The van der Waals surface area contributed by atoms with E-state index in [4.69, 9.17) is 20.2 Å². The lowest BCUT2D eigenvalue weighted by Gasteiger charge is -2.22. The second-order valence-corrected chi connectivity index (χ2v) is 10.6. The molecule has 0 saturated carbocycles. The Morgan fingerprint density at radius 1 is 1.00 bits per heavy atom. The molecule has 2 aromatic heterocycles. The fraction of sp³-hybridized carbons (Fsp3) is 0.500. The number of anilines is 1. The van der Waals surface area contributed by atoms with Crippen LogP contribution >= 0.6 is 0 Å². The number of guanidine groups is 1. The third-order valence-electron chi connectivity index (χ3n) is 5.00. The number of fused-ring (bicyclic) bond motifs is 3. The minimum atomic E-state index is -0.744.